The maximum Gasteiger partial charge on any atom is 0.136 e. The van der Waals surface area contributed by atoms with E-state index in [0.29, 0.717) is 5.15 Å². The van der Waals surface area contributed by atoms with Gasteiger partial charge in [-0.15, -0.1) is 0 Å². The van der Waals surface area contributed by atoms with E-state index in [2.05, 4.69) is 16.0 Å². The highest BCUT2D eigenvalue weighted by Crippen LogP contribution is 2.27. The Kier molecular flexibility index (Phi) is 2.04. The quantitative estimate of drug-likeness (QED) is 0.433. The molecule has 0 N–H and O–H groups in total. The highest BCUT2D eigenvalue weighted by atomic mass is 35.5. The fourth-order valence-corrected chi connectivity index (χ4v) is 2.16. The number of aryl methyl sites for hydroxylation is 1. The summed E-state index contributed by atoms with van der Waals surface area (Å²) in [6, 6.07) is 10.0. The second-order valence-electron chi connectivity index (χ2n) is 3.78. The van der Waals surface area contributed by atoms with Crippen molar-refractivity contribution < 1.29 is 0 Å². The van der Waals surface area contributed by atoms with Crippen LogP contribution >= 0.6 is 11.6 Å². The van der Waals surface area contributed by atoms with Crippen molar-refractivity contribution in [3.05, 3.63) is 47.4 Å². The van der Waals surface area contributed by atoms with Crippen molar-refractivity contribution in [3.8, 4) is 0 Å². The van der Waals surface area contributed by atoms with Gasteiger partial charge in [0.2, 0.25) is 0 Å². The number of fused-ring (bicyclic) bond motifs is 3. The Morgan fingerprint density at radius 2 is 1.75 bits per heavy atom. The second-order valence-corrected chi connectivity index (χ2v) is 4.14. The average Bonchev–Trinajstić information content (AvgIpc) is 2.28. The van der Waals surface area contributed by atoms with Gasteiger partial charge < -0.3 is 0 Å². The fourth-order valence-electron chi connectivity index (χ4n) is 1.93. The molecule has 16 heavy (non-hydrogen) atoms. The minimum atomic E-state index is 0.542. The lowest BCUT2D eigenvalue weighted by atomic mass is 10.1. The maximum absolute atomic E-state index is 6.06. The molecule has 0 aliphatic heterocycles. The molecule has 3 rings (SSSR count). The lowest BCUT2D eigenvalue weighted by Gasteiger charge is -2.04. The molecule has 2 nitrogen and oxygen atoms in total. The predicted molar refractivity (Wildman–Crippen MR) is 66.8 cm³/mol. The van der Waals surface area contributed by atoms with Crippen LogP contribution in [0.25, 0.3) is 21.7 Å². The van der Waals surface area contributed by atoms with E-state index in [4.69, 9.17) is 11.6 Å². The van der Waals surface area contributed by atoms with Gasteiger partial charge in [0, 0.05) is 22.7 Å². The lowest BCUT2D eigenvalue weighted by molar-refractivity contribution is 1.26. The number of rotatable bonds is 0. The lowest BCUT2D eigenvalue weighted by Crippen LogP contribution is -1.85. The summed E-state index contributed by atoms with van der Waals surface area (Å²) >= 11 is 6.06. The molecule has 0 aliphatic carbocycles. The number of nitrogens with zero attached hydrogens (tertiary/aromatic N) is 2. The van der Waals surface area contributed by atoms with E-state index in [9.17, 15) is 0 Å². The monoisotopic (exact) mass is 228 g/mol. The van der Waals surface area contributed by atoms with Crippen molar-refractivity contribution in [2.45, 2.75) is 6.92 Å². The van der Waals surface area contributed by atoms with Gasteiger partial charge in [0.05, 0.1) is 5.52 Å². The number of hydrogen-bond donors (Lipinski definition) is 0. The summed E-state index contributed by atoms with van der Waals surface area (Å²) < 4.78 is 0. The molecule has 0 atom stereocenters. The van der Waals surface area contributed by atoms with E-state index in [1.165, 1.54) is 0 Å². The fraction of sp³-hybridized carbons (Fsp3) is 0.0769. The first-order chi connectivity index (χ1) is 7.75. The predicted octanol–water partition coefficient (Wildman–Crippen LogP) is 3.74. The first kappa shape index (κ1) is 9.55. The van der Waals surface area contributed by atoms with E-state index in [1.807, 2.05) is 31.2 Å². The molecule has 78 valence electrons. The number of hydrogen-bond acceptors (Lipinski definition) is 2. The van der Waals surface area contributed by atoms with Crippen LogP contribution in [-0.4, -0.2) is 9.97 Å². The topological polar surface area (TPSA) is 25.8 Å². The molecule has 0 saturated carbocycles. The van der Waals surface area contributed by atoms with Crippen LogP contribution < -0.4 is 0 Å². The van der Waals surface area contributed by atoms with E-state index in [0.717, 1.165) is 27.4 Å². The van der Waals surface area contributed by atoms with Crippen molar-refractivity contribution >= 4 is 33.3 Å². The van der Waals surface area contributed by atoms with Crippen molar-refractivity contribution in [3.63, 3.8) is 0 Å². The summed E-state index contributed by atoms with van der Waals surface area (Å²) in [5.41, 5.74) is 2.02. The highest BCUT2D eigenvalue weighted by molar-refractivity contribution is 6.35. The standard InChI is InChI=1S/C13H9ClN2/c1-8-2-3-10-9-6-7-15-13(14)11(9)4-5-12(10)16-8/h2-7H,1H3. The zero-order valence-electron chi connectivity index (χ0n) is 8.74. The van der Waals surface area contributed by atoms with Crippen LogP contribution in [0.2, 0.25) is 5.15 Å². The number of halogens is 1. The number of aromatic nitrogens is 2. The van der Waals surface area contributed by atoms with Gasteiger partial charge >= 0.3 is 0 Å². The summed E-state index contributed by atoms with van der Waals surface area (Å²) in [5.74, 6) is 0. The highest BCUT2D eigenvalue weighted by Gasteiger charge is 2.04. The molecular weight excluding hydrogens is 220 g/mol. The Morgan fingerprint density at radius 1 is 0.938 bits per heavy atom. The Hall–Kier alpha value is -1.67. The van der Waals surface area contributed by atoms with Gasteiger partial charge in [0.15, 0.2) is 0 Å². The molecular formula is C13H9ClN2. The molecule has 0 fully saturated rings. The second kappa shape index (κ2) is 3.42. The smallest absolute Gasteiger partial charge is 0.136 e. The van der Waals surface area contributed by atoms with Crippen LogP contribution in [0.1, 0.15) is 5.69 Å². The Labute approximate surface area is 97.9 Å². The van der Waals surface area contributed by atoms with Gasteiger partial charge in [-0.25, -0.2) is 4.98 Å². The molecule has 0 bridgehead atoms. The molecule has 2 aromatic heterocycles. The Morgan fingerprint density at radius 3 is 2.62 bits per heavy atom. The van der Waals surface area contributed by atoms with Gasteiger partial charge in [0.1, 0.15) is 5.15 Å². The van der Waals surface area contributed by atoms with Crippen LogP contribution in [0.15, 0.2) is 36.5 Å². The SMILES string of the molecule is Cc1ccc2c(ccc3c(Cl)nccc32)n1. The molecule has 0 aliphatic rings. The van der Waals surface area contributed by atoms with Crippen molar-refractivity contribution in [1.29, 1.82) is 0 Å². The zero-order valence-corrected chi connectivity index (χ0v) is 9.49. The normalized spacial score (nSPS) is 11.1. The van der Waals surface area contributed by atoms with Crippen molar-refractivity contribution in [1.82, 2.24) is 9.97 Å². The van der Waals surface area contributed by atoms with Gasteiger partial charge in [-0.3, -0.25) is 4.98 Å². The minimum absolute atomic E-state index is 0.542. The van der Waals surface area contributed by atoms with Gasteiger partial charge in [-0.2, -0.15) is 0 Å². The van der Waals surface area contributed by atoms with Gasteiger partial charge in [-0.1, -0.05) is 17.7 Å². The van der Waals surface area contributed by atoms with Gasteiger partial charge in [-0.05, 0) is 36.6 Å². The number of pyridine rings is 2. The maximum atomic E-state index is 6.06. The summed E-state index contributed by atoms with van der Waals surface area (Å²) in [6.07, 6.45) is 1.73. The van der Waals surface area contributed by atoms with E-state index in [1.54, 1.807) is 6.20 Å². The van der Waals surface area contributed by atoms with Crippen LogP contribution in [0.3, 0.4) is 0 Å². The summed E-state index contributed by atoms with van der Waals surface area (Å²) in [6.45, 7) is 1.99. The molecule has 3 heteroatoms. The minimum Gasteiger partial charge on any atom is -0.253 e. The Bertz CT molecular complexity index is 692. The summed E-state index contributed by atoms with van der Waals surface area (Å²) in [5, 5.41) is 3.74. The Balaban J connectivity index is 2.55. The molecule has 0 radical (unpaired) electrons. The summed E-state index contributed by atoms with van der Waals surface area (Å²) in [4.78, 5) is 8.57. The van der Waals surface area contributed by atoms with Crippen LogP contribution in [0.4, 0.5) is 0 Å². The van der Waals surface area contributed by atoms with Crippen molar-refractivity contribution in [2.24, 2.45) is 0 Å². The molecule has 0 saturated heterocycles. The van der Waals surface area contributed by atoms with Crippen LogP contribution in [-0.2, 0) is 0 Å². The van der Waals surface area contributed by atoms with E-state index in [-0.39, 0.29) is 0 Å². The van der Waals surface area contributed by atoms with Crippen molar-refractivity contribution in [2.75, 3.05) is 0 Å². The van der Waals surface area contributed by atoms with Crippen LogP contribution in [0.5, 0.6) is 0 Å². The average molecular weight is 229 g/mol. The molecule has 3 aromatic rings. The molecule has 2 heterocycles. The number of benzene rings is 1. The van der Waals surface area contributed by atoms with E-state index < -0.39 is 0 Å². The third-order valence-electron chi connectivity index (χ3n) is 2.70. The third-order valence-corrected chi connectivity index (χ3v) is 3.00. The first-order valence-electron chi connectivity index (χ1n) is 5.06. The zero-order chi connectivity index (χ0) is 11.1. The van der Waals surface area contributed by atoms with Crippen LogP contribution in [0, 0.1) is 6.92 Å². The summed E-state index contributed by atoms with van der Waals surface area (Å²) in [7, 11) is 0. The molecule has 1 aromatic carbocycles. The van der Waals surface area contributed by atoms with E-state index >= 15 is 0 Å². The molecule has 0 unspecified atom stereocenters. The third kappa shape index (κ3) is 1.34. The first-order valence-corrected chi connectivity index (χ1v) is 5.44. The molecule has 0 spiro atoms. The largest absolute Gasteiger partial charge is 0.253 e. The molecule has 0 amide bonds. The van der Waals surface area contributed by atoms with Gasteiger partial charge in [0.25, 0.3) is 0 Å².